The lowest BCUT2D eigenvalue weighted by atomic mass is 10.2. The van der Waals surface area contributed by atoms with Crippen molar-refractivity contribution < 1.29 is 13.6 Å². The van der Waals surface area contributed by atoms with Crippen LogP contribution in [-0.4, -0.2) is 33.7 Å². The summed E-state index contributed by atoms with van der Waals surface area (Å²) in [6.07, 6.45) is 5.95. The van der Waals surface area contributed by atoms with Crippen LogP contribution in [0.15, 0.2) is 55.0 Å². The molecule has 4 aromatic rings. The van der Waals surface area contributed by atoms with Crippen molar-refractivity contribution >= 4 is 52.4 Å². The normalized spacial score (nSPS) is 10.3. The van der Waals surface area contributed by atoms with Gasteiger partial charge in [-0.2, -0.15) is 13.9 Å². The molecular weight excluding hydrogens is 488 g/mol. The van der Waals surface area contributed by atoms with Gasteiger partial charge in [-0.1, -0.05) is 37.6 Å². The first-order valence-corrected chi connectivity index (χ1v) is 12.0. The second-order valence-electron chi connectivity index (χ2n) is 6.12. The lowest BCUT2D eigenvalue weighted by molar-refractivity contribution is 0.112. The summed E-state index contributed by atoms with van der Waals surface area (Å²) in [6.45, 7) is 4.73. The van der Waals surface area contributed by atoms with E-state index in [0.29, 0.717) is 27.7 Å². The summed E-state index contributed by atoms with van der Waals surface area (Å²) in [5, 5.41) is 8.32. The van der Waals surface area contributed by atoms with Crippen LogP contribution >= 0.6 is 34.9 Å². The maximum absolute atomic E-state index is 11.9. The first-order chi connectivity index (χ1) is 16.0. The van der Waals surface area contributed by atoms with Gasteiger partial charge in [0.1, 0.15) is 0 Å². The van der Waals surface area contributed by atoms with Gasteiger partial charge in [0.25, 0.3) is 0 Å². The standard InChI is InChI=1S/C11H6ClN3OS.C9H12F2N2S.C2H6/c12-7-1-2-15-9(3-7)8(4-14-15)10-5-13-11(6-16)17-10;1-12-6-7-3-2-4-8(5-7)13-14-9(10)11;1-2/h1-6H;2-5,9,12-13H,6H2,1H3;1-2H3. The van der Waals surface area contributed by atoms with Crippen molar-refractivity contribution in [1.29, 1.82) is 0 Å². The van der Waals surface area contributed by atoms with Crippen LogP contribution in [0.25, 0.3) is 16.0 Å². The topological polar surface area (TPSA) is 71.3 Å². The molecule has 3 aromatic heterocycles. The van der Waals surface area contributed by atoms with Crippen molar-refractivity contribution in [3.8, 4) is 10.4 Å². The van der Waals surface area contributed by atoms with E-state index in [-0.39, 0.29) is 0 Å². The molecule has 0 radical (unpaired) electrons. The molecular formula is C22H24ClF2N5OS2. The molecule has 33 heavy (non-hydrogen) atoms. The van der Waals surface area contributed by atoms with Gasteiger partial charge in [-0.3, -0.25) is 4.79 Å². The highest BCUT2D eigenvalue weighted by Crippen LogP contribution is 2.30. The number of hydrogen-bond acceptors (Lipinski definition) is 7. The van der Waals surface area contributed by atoms with Crippen molar-refractivity contribution in [3.05, 3.63) is 70.6 Å². The highest BCUT2D eigenvalue weighted by molar-refractivity contribution is 8.00. The minimum atomic E-state index is -2.40. The first kappa shape index (κ1) is 26.7. The molecule has 176 valence electrons. The third-order valence-electron chi connectivity index (χ3n) is 3.95. The molecule has 0 fully saturated rings. The summed E-state index contributed by atoms with van der Waals surface area (Å²) < 4.78 is 28.0. The predicted molar refractivity (Wildman–Crippen MR) is 134 cm³/mol. The van der Waals surface area contributed by atoms with Crippen molar-refractivity contribution in [1.82, 2.24) is 19.9 Å². The lowest BCUT2D eigenvalue weighted by Crippen LogP contribution is -2.05. The Morgan fingerprint density at radius 2 is 2.03 bits per heavy atom. The number of nitrogens with zero attached hydrogens (tertiary/aromatic N) is 3. The predicted octanol–water partition coefficient (Wildman–Crippen LogP) is 6.64. The highest BCUT2D eigenvalue weighted by Gasteiger charge is 2.10. The van der Waals surface area contributed by atoms with Crippen molar-refractivity contribution in [3.63, 3.8) is 0 Å². The van der Waals surface area contributed by atoms with E-state index in [0.717, 1.165) is 34.4 Å². The van der Waals surface area contributed by atoms with Crippen LogP contribution in [0.4, 0.5) is 14.5 Å². The van der Waals surface area contributed by atoms with Crippen LogP contribution in [0, 0.1) is 0 Å². The fourth-order valence-electron chi connectivity index (χ4n) is 2.67. The monoisotopic (exact) mass is 511 g/mol. The molecule has 0 aliphatic heterocycles. The van der Waals surface area contributed by atoms with E-state index in [1.165, 1.54) is 11.3 Å². The quantitative estimate of drug-likeness (QED) is 0.214. The first-order valence-electron chi connectivity index (χ1n) is 9.97. The van der Waals surface area contributed by atoms with Crippen molar-refractivity contribution in [2.24, 2.45) is 0 Å². The van der Waals surface area contributed by atoms with Crippen LogP contribution in [0.3, 0.4) is 0 Å². The van der Waals surface area contributed by atoms with Crippen LogP contribution in [-0.2, 0) is 6.54 Å². The summed E-state index contributed by atoms with van der Waals surface area (Å²) >= 11 is 7.70. The molecule has 0 aliphatic carbocycles. The maximum Gasteiger partial charge on any atom is 0.302 e. The van der Waals surface area contributed by atoms with Gasteiger partial charge in [-0.15, -0.1) is 11.3 Å². The smallest absolute Gasteiger partial charge is 0.302 e. The molecule has 0 aliphatic rings. The van der Waals surface area contributed by atoms with E-state index in [9.17, 15) is 13.6 Å². The minimum absolute atomic E-state index is 0.407. The molecule has 0 bridgehead atoms. The Morgan fingerprint density at radius 3 is 2.70 bits per heavy atom. The summed E-state index contributed by atoms with van der Waals surface area (Å²) in [5.74, 6) is -2.40. The fraction of sp³-hybridized carbons (Fsp3) is 0.227. The number of nitrogens with one attached hydrogen (secondary N) is 2. The molecule has 11 heteroatoms. The van der Waals surface area contributed by atoms with Gasteiger partial charge in [0.05, 0.1) is 16.6 Å². The van der Waals surface area contributed by atoms with Gasteiger partial charge in [0.2, 0.25) is 0 Å². The van der Waals surface area contributed by atoms with Crippen LogP contribution in [0.1, 0.15) is 29.2 Å². The van der Waals surface area contributed by atoms with Crippen molar-refractivity contribution in [2.45, 2.75) is 26.1 Å². The number of aldehydes is 1. The molecule has 3 heterocycles. The largest absolute Gasteiger partial charge is 0.325 e. The number of thiazole rings is 1. The number of pyridine rings is 1. The fourth-order valence-corrected chi connectivity index (χ4v) is 3.94. The third kappa shape index (κ3) is 8.08. The molecule has 1 aromatic carbocycles. The average Bonchev–Trinajstić information content (AvgIpc) is 3.46. The number of anilines is 1. The number of carbonyl (C=O) groups is 1. The van der Waals surface area contributed by atoms with Crippen molar-refractivity contribution in [2.75, 3.05) is 11.8 Å². The molecule has 6 nitrogen and oxygen atoms in total. The Labute approximate surface area is 204 Å². The van der Waals surface area contributed by atoms with Gasteiger partial charge in [0, 0.05) is 47.2 Å². The molecule has 0 saturated carbocycles. The van der Waals surface area contributed by atoms with E-state index < -0.39 is 5.76 Å². The maximum atomic E-state index is 11.9. The zero-order valence-electron chi connectivity index (χ0n) is 18.3. The Morgan fingerprint density at radius 1 is 1.24 bits per heavy atom. The molecule has 0 unspecified atom stereocenters. The number of hydrogen-bond donors (Lipinski definition) is 2. The Kier molecular flexibility index (Phi) is 11.2. The number of aromatic nitrogens is 3. The van der Waals surface area contributed by atoms with E-state index >= 15 is 0 Å². The molecule has 0 atom stereocenters. The van der Waals surface area contributed by atoms with Gasteiger partial charge in [-0.25, -0.2) is 9.50 Å². The SMILES string of the molecule is CC.CNCc1cccc(NSC(F)F)c1.O=Cc1ncc(-c2cnn3ccc(Cl)cc23)s1. The van der Waals surface area contributed by atoms with Gasteiger partial charge in [-0.05, 0) is 36.9 Å². The van der Waals surface area contributed by atoms with E-state index in [1.54, 1.807) is 35.2 Å². The number of fused-ring (bicyclic) bond motifs is 1. The van der Waals surface area contributed by atoms with Crippen LogP contribution in [0.2, 0.25) is 5.02 Å². The summed E-state index contributed by atoms with van der Waals surface area (Å²) in [6, 6.07) is 11.0. The second kappa shape index (κ2) is 13.9. The summed E-state index contributed by atoms with van der Waals surface area (Å²) in [4.78, 5) is 15.5. The van der Waals surface area contributed by atoms with Gasteiger partial charge < -0.3 is 10.0 Å². The molecule has 4 rings (SSSR count). The summed E-state index contributed by atoms with van der Waals surface area (Å²) in [5.41, 5.74) is 3.59. The Bertz CT molecular complexity index is 1150. The Hall–Kier alpha value is -2.53. The lowest BCUT2D eigenvalue weighted by Gasteiger charge is -2.06. The average molecular weight is 512 g/mol. The molecule has 0 amide bonds. The van der Waals surface area contributed by atoms with Gasteiger partial charge >= 0.3 is 5.76 Å². The number of carbonyl (C=O) groups excluding carboxylic acids is 1. The molecule has 2 N–H and O–H groups in total. The van der Waals surface area contributed by atoms with E-state index in [2.05, 4.69) is 20.1 Å². The summed E-state index contributed by atoms with van der Waals surface area (Å²) in [7, 11) is 1.84. The molecule has 0 saturated heterocycles. The number of halogens is 3. The Balaban J connectivity index is 0.000000222. The number of alkyl halides is 2. The zero-order chi connectivity index (χ0) is 24.2. The van der Waals surface area contributed by atoms with Gasteiger partial charge in [0.15, 0.2) is 11.3 Å². The molecule has 0 spiro atoms. The van der Waals surface area contributed by atoms with E-state index in [4.69, 9.17) is 11.6 Å². The highest BCUT2D eigenvalue weighted by atomic mass is 35.5. The minimum Gasteiger partial charge on any atom is -0.325 e. The third-order valence-corrected chi connectivity index (χ3v) is 5.67. The van der Waals surface area contributed by atoms with Crippen LogP contribution in [0.5, 0.6) is 0 Å². The zero-order valence-corrected chi connectivity index (χ0v) is 20.6. The second-order valence-corrected chi connectivity index (χ2v) is 8.42. The van der Waals surface area contributed by atoms with Crippen LogP contribution < -0.4 is 10.0 Å². The number of benzene rings is 1. The number of rotatable bonds is 7. The van der Waals surface area contributed by atoms with E-state index in [1.807, 2.05) is 45.2 Å².